The second-order valence-corrected chi connectivity index (χ2v) is 5.12. The van der Waals surface area contributed by atoms with Crippen LogP contribution >= 0.6 is 0 Å². The van der Waals surface area contributed by atoms with Crippen molar-refractivity contribution in [2.75, 3.05) is 4.72 Å². The van der Waals surface area contributed by atoms with E-state index >= 15 is 0 Å². The zero-order valence-corrected chi connectivity index (χ0v) is 10.5. The van der Waals surface area contributed by atoms with Crippen LogP contribution in [-0.2, 0) is 15.0 Å². The van der Waals surface area contributed by atoms with Crippen molar-refractivity contribution >= 4 is 21.8 Å². The number of benzene rings is 1. The van der Waals surface area contributed by atoms with Crippen molar-refractivity contribution < 1.29 is 18.3 Å². The van der Waals surface area contributed by atoms with Crippen LogP contribution in [0.25, 0.3) is 0 Å². The highest BCUT2D eigenvalue weighted by atomic mass is 32.2. The highest BCUT2D eigenvalue weighted by Crippen LogP contribution is 2.06. The maximum absolute atomic E-state index is 11.6. The van der Waals surface area contributed by atoms with Gasteiger partial charge in [0.2, 0.25) is 0 Å². The molecule has 0 heterocycles. The molecular weight excluding hydrogens is 258 g/mol. The van der Waals surface area contributed by atoms with Gasteiger partial charge in [0.15, 0.2) is 0 Å². The zero-order chi connectivity index (χ0) is 13.8. The van der Waals surface area contributed by atoms with Crippen LogP contribution in [0.4, 0.5) is 5.69 Å². The van der Waals surface area contributed by atoms with Gasteiger partial charge in [0.25, 0.3) is 5.91 Å². The van der Waals surface area contributed by atoms with Gasteiger partial charge in [-0.05, 0) is 19.1 Å². The molecule has 0 bridgehead atoms. The Labute approximate surface area is 105 Å². The minimum absolute atomic E-state index is 0.309. The van der Waals surface area contributed by atoms with E-state index in [4.69, 9.17) is 10.8 Å². The summed E-state index contributed by atoms with van der Waals surface area (Å²) in [6.07, 6.45) is -1.14. The second-order valence-electron chi connectivity index (χ2n) is 3.70. The summed E-state index contributed by atoms with van der Waals surface area (Å²) in [6, 6.07) is 6.75. The lowest BCUT2D eigenvalue weighted by atomic mass is 10.2. The number of nitrogens with one attached hydrogen (secondary N) is 2. The van der Waals surface area contributed by atoms with Crippen LogP contribution in [0, 0.1) is 0 Å². The fourth-order valence-corrected chi connectivity index (χ4v) is 2.00. The minimum Gasteiger partial charge on any atom is -0.391 e. The number of aliphatic hydroxyl groups is 1. The second kappa shape index (κ2) is 5.80. The molecule has 0 aliphatic heterocycles. The van der Waals surface area contributed by atoms with E-state index in [1.54, 1.807) is 22.9 Å². The summed E-state index contributed by atoms with van der Waals surface area (Å²) >= 11 is 0. The van der Waals surface area contributed by atoms with Gasteiger partial charge in [-0.25, -0.2) is 4.72 Å². The van der Waals surface area contributed by atoms with Gasteiger partial charge in [0.05, 0.1) is 11.8 Å². The fraction of sp³-hybridized carbons (Fsp3) is 0.300. The molecule has 2 atom stereocenters. The zero-order valence-electron chi connectivity index (χ0n) is 9.70. The molecule has 0 aliphatic rings. The van der Waals surface area contributed by atoms with Crippen LogP contribution in [0.1, 0.15) is 6.92 Å². The Morgan fingerprint density at radius 2 is 1.89 bits per heavy atom. The molecule has 100 valence electrons. The normalized spacial score (nSPS) is 14.6. The van der Waals surface area contributed by atoms with Crippen molar-refractivity contribution in [3.05, 3.63) is 30.3 Å². The summed E-state index contributed by atoms with van der Waals surface area (Å²) in [4.78, 5) is 11.4. The molecule has 0 radical (unpaired) electrons. The maximum Gasteiger partial charge on any atom is 0.323 e. The van der Waals surface area contributed by atoms with E-state index in [2.05, 4.69) is 4.72 Å². The Morgan fingerprint density at radius 1 is 1.33 bits per heavy atom. The van der Waals surface area contributed by atoms with E-state index in [0.717, 1.165) is 0 Å². The molecule has 0 aliphatic carbocycles. The van der Waals surface area contributed by atoms with Crippen molar-refractivity contribution in [3.8, 4) is 0 Å². The standard InChI is InChI=1S/C10H15N3O4S/c1-7(14)9(11)10(15)13-18(16,17)12-8-5-3-2-4-6-8/h2-7,9,12,14H,11H2,1H3,(H,13,15)/t7-,9+/m1/s1. The smallest absolute Gasteiger partial charge is 0.323 e. The summed E-state index contributed by atoms with van der Waals surface area (Å²) < 4.78 is 27.0. The highest BCUT2D eigenvalue weighted by molar-refractivity contribution is 7.91. The van der Waals surface area contributed by atoms with E-state index in [1.165, 1.54) is 19.1 Å². The first-order valence-electron chi connectivity index (χ1n) is 5.15. The molecule has 8 heteroatoms. The Bertz CT molecular complexity index is 501. The van der Waals surface area contributed by atoms with Crippen LogP contribution < -0.4 is 15.2 Å². The molecule has 1 aromatic rings. The number of carbonyl (C=O) groups excluding carboxylic acids is 1. The van der Waals surface area contributed by atoms with E-state index < -0.39 is 28.3 Å². The number of hydrogen-bond acceptors (Lipinski definition) is 5. The average Bonchev–Trinajstić information content (AvgIpc) is 2.27. The van der Waals surface area contributed by atoms with Crippen molar-refractivity contribution in [2.24, 2.45) is 5.73 Å². The van der Waals surface area contributed by atoms with Crippen LogP contribution in [-0.4, -0.2) is 31.6 Å². The first-order valence-corrected chi connectivity index (χ1v) is 6.63. The van der Waals surface area contributed by atoms with Crippen LogP contribution in [0.2, 0.25) is 0 Å². The first kappa shape index (κ1) is 14.4. The number of carbonyl (C=O) groups is 1. The maximum atomic E-state index is 11.6. The molecule has 1 rings (SSSR count). The third-order valence-corrected chi connectivity index (χ3v) is 3.06. The number of nitrogens with two attached hydrogens (primary N) is 1. The molecule has 0 aromatic heterocycles. The van der Waals surface area contributed by atoms with Gasteiger partial charge in [-0.3, -0.25) is 9.52 Å². The Balaban J connectivity index is 2.69. The largest absolute Gasteiger partial charge is 0.391 e. The summed E-state index contributed by atoms with van der Waals surface area (Å²) in [5.74, 6) is -0.978. The number of rotatable bonds is 5. The number of hydrogen-bond donors (Lipinski definition) is 4. The van der Waals surface area contributed by atoms with E-state index in [0.29, 0.717) is 5.69 Å². The quantitative estimate of drug-likeness (QED) is 0.557. The van der Waals surface area contributed by atoms with Crippen molar-refractivity contribution in [1.29, 1.82) is 0 Å². The third kappa shape index (κ3) is 4.32. The van der Waals surface area contributed by atoms with E-state index in [-0.39, 0.29) is 0 Å². The molecule has 5 N–H and O–H groups in total. The molecule has 0 saturated carbocycles. The molecule has 0 fully saturated rings. The third-order valence-electron chi connectivity index (χ3n) is 2.08. The number of amides is 1. The van der Waals surface area contributed by atoms with Gasteiger partial charge < -0.3 is 10.8 Å². The average molecular weight is 273 g/mol. The molecule has 7 nitrogen and oxygen atoms in total. The van der Waals surface area contributed by atoms with Gasteiger partial charge in [0.1, 0.15) is 6.04 Å². The van der Waals surface area contributed by atoms with Gasteiger partial charge in [-0.15, -0.1) is 0 Å². The van der Waals surface area contributed by atoms with Crippen LogP contribution in [0.5, 0.6) is 0 Å². The van der Waals surface area contributed by atoms with Gasteiger partial charge in [-0.2, -0.15) is 8.42 Å². The molecule has 18 heavy (non-hydrogen) atoms. The lowest BCUT2D eigenvalue weighted by molar-refractivity contribution is -0.122. The fourth-order valence-electron chi connectivity index (χ4n) is 1.11. The summed E-state index contributed by atoms with van der Waals surface area (Å²) in [7, 11) is -4.05. The first-order chi connectivity index (χ1) is 8.32. The predicted molar refractivity (Wildman–Crippen MR) is 66.8 cm³/mol. The molecule has 0 unspecified atom stereocenters. The Hall–Kier alpha value is -1.64. The van der Waals surface area contributed by atoms with E-state index in [1.807, 2.05) is 0 Å². The molecular formula is C10H15N3O4S. The van der Waals surface area contributed by atoms with Crippen LogP contribution in [0.15, 0.2) is 30.3 Å². The monoisotopic (exact) mass is 273 g/mol. The summed E-state index contributed by atoms with van der Waals surface area (Å²) in [5, 5.41) is 9.08. The van der Waals surface area contributed by atoms with Gasteiger partial charge in [0, 0.05) is 0 Å². The SMILES string of the molecule is C[C@@H](O)[C@H](N)C(=O)NS(=O)(=O)Nc1ccccc1. The molecule has 1 aromatic carbocycles. The van der Waals surface area contributed by atoms with Gasteiger partial charge >= 0.3 is 10.2 Å². The Morgan fingerprint density at radius 3 is 2.39 bits per heavy atom. The lowest BCUT2D eigenvalue weighted by Crippen LogP contribution is -2.50. The van der Waals surface area contributed by atoms with Crippen molar-refractivity contribution in [3.63, 3.8) is 0 Å². The summed E-state index contributed by atoms with van der Waals surface area (Å²) in [5.41, 5.74) is 5.62. The lowest BCUT2D eigenvalue weighted by Gasteiger charge is -2.15. The number of aliphatic hydroxyl groups excluding tert-OH is 1. The molecule has 0 spiro atoms. The van der Waals surface area contributed by atoms with Crippen molar-refractivity contribution in [1.82, 2.24) is 4.72 Å². The Kier molecular flexibility index (Phi) is 4.65. The van der Waals surface area contributed by atoms with Gasteiger partial charge in [-0.1, -0.05) is 18.2 Å². The van der Waals surface area contributed by atoms with Crippen molar-refractivity contribution in [2.45, 2.75) is 19.1 Å². The van der Waals surface area contributed by atoms with Crippen LogP contribution in [0.3, 0.4) is 0 Å². The summed E-state index contributed by atoms with van der Waals surface area (Å²) in [6.45, 7) is 1.29. The minimum atomic E-state index is -4.05. The molecule has 0 saturated heterocycles. The topological polar surface area (TPSA) is 122 Å². The highest BCUT2D eigenvalue weighted by Gasteiger charge is 2.23. The number of anilines is 1. The predicted octanol–water partition coefficient (Wildman–Crippen LogP) is -0.832. The van der Waals surface area contributed by atoms with E-state index in [9.17, 15) is 13.2 Å². The number of para-hydroxylation sites is 1. The molecule has 1 amide bonds.